The number of H-pyrrole nitrogens is 1. The van der Waals surface area contributed by atoms with E-state index in [2.05, 4.69) is 25.4 Å². The molecule has 3 aromatic rings. The number of pyridine rings is 1. The van der Waals surface area contributed by atoms with E-state index in [1.807, 2.05) is 33.0 Å². The number of fused-ring (bicyclic) bond motifs is 1. The second-order valence-electron chi connectivity index (χ2n) is 5.77. The lowest BCUT2D eigenvalue weighted by molar-refractivity contribution is 0.101. The third-order valence-electron chi connectivity index (χ3n) is 3.06. The summed E-state index contributed by atoms with van der Waals surface area (Å²) in [5.74, 6) is 0.223. The SMILES string of the molecule is CC(C)(C)n1cnc(C(=O)Nc2cc3cc[nH]c3cn2)n1. The Morgan fingerprint density at radius 3 is 2.86 bits per heavy atom. The van der Waals surface area contributed by atoms with Crippen LogP contribution in [0.2, 0.25) is 0 Å². The minimum absolute atomic E-state index is 0.126. The number of anilines is 1. The lowest BCUT2D eigenvalue weighted by atomic mass is 10.1. The average Bonchev–Trinajstić information content (AvgIpc) is 3.06. The van der Waals surface area contributed by atoms with Crippen LogP contribution in [0.15, 0.2) is 30.9 Å². The first kappa shape index (κ1) is 13.3. The van der Waals surface area contributed by atoms with Gasteiger partial charge in [0.1, 0.15) is 12.1 Å². The lowest BCUT2D eigenvalue weighted by Gasteiger charge is -2.17. The smallest absolute Gasteiger partial charge is 0.296 e. The predicted octanol–water partition coefficient (Wildman–Crippen LogP) is 2.16. The number of aromatic amines is 1. The van der Waals surface area contributed by atoms with Gasteiger partial charge in [-0.15, -0.1) is 5.10 Å². The summed E-state index contributed by atoms with van der Waals surface area (Å²) in [7, 11) is 0. The van der Waals surface area contributed by atoms with Gasteiger partial charge >= 0.3 is 0 Å². The molecule has 2 N–H and O–H groups in total. The Balaban J connectivity index is 1.80. The van der Waals surface area contributed by atoms with Crippen LogP contribution in [-0.2, 0) is 5.54 Å². The molecule has 21 heavy (non-hydrogen) atoms. The highest BCUT2D eigenvalue weighted by atomic mass is 16.2. The van der Waals surface area contributed by atoms with Gasteiger partial charge in [-0.05, 0) is 32.9 Å². The first-order chi connectivity index (χ1) is 9.93. The molecule has 0 aliphatic heterocycles. The summed E-state index contributed by atoms with van der Waals surface area (Å²) in [5, 5.41) is 7.87. The van der Waals surface area contributed by atoms with Crippen LogP contribution in [0.4, 0.5) is 5.82 Å². The third kappa shape index (κ3) is 2.62. The zero-order valence-corrected chi connectivity index (χ0v) is 12.1. The number of nitrogens with zero attached hydrogens (tertiary/aromatic N) is 4. The quantitative estimate of drug-likeness (QED) is 0.754. The Hall–Kier alpha value is -2.70. The molecule has 0 aromatic carbocycles. The topological polar surface area (TPSA) is 88.5 Å². The normalized spacial score (nSPS) is 11.8. The van der Waals surface area contributed by atoms with E-state index in [0.29, 0.717) is 5.82 Å². The van der Waals surface area contributed by atoms with Crippen LogP contribution in [0.25, 0.3) is 10.9 Å². The van der Waals surface area contributed by atoms with Gasteiger partial charge in [0.2, 0.25) is 5.82 Å². The van der Waals surface area contributed by atoms with Crippen molar-refractivity contribution in [3.05, 3.63) is 36.7 Å². The van der Waals surface area contributed by atoms with E-state index >= 15 is 0 Å². The molecule has 0 aliphatic rings. The van der Waals surface area contributed by atoms with Crippen molar-refractivity contribution >= 4 is 22.6 Å². The molecule has 3 heterocycles. The molecular formula is C14H16N6O. The molecule has 0 bridgehead atoms. The molecular weight excluding hydrogens is 268 g/mol. The molecule has 108 valence electrons. The summed E-state index contributed by atoms with van der Waals surface area (Å²) in [6, 6.07) is 3.71. The van der Waals surface area contributed by atoms with E-state index in [-0.39, 0.29) is 17.3 Å². The van der Waals surface area contributed by atoms with Crippen molar-refractivity contribution < 1.29 is 4.79 Å². The van der Waals surface area contributed by atoms with E-state index in [1.54, 1.807) is 23.3 Å². The second-order valence-corrected chi connectivity index (χ2v) is 5.77. The van der Waals surface area contributed by atoms with Gasteiger partial charge in [0.15, 0.2) is 0 Å². The Morgan fingerprint density at radius 2 is 2.14 bits per heavy atom. The van der Waals surface area contributed by atoms with Crippen LogP contribution in [-0.4, -0.2) is 30.6 Å². The first-order valence-electron chi connectivity index (χ1n) is 6.60. The molecule has 0 saturated heterocycles. The largest absolute Gasteiger partial charge is 0.360 e. The molecule has 0 saturated carbocycles. The number of rotatable bonds is 2. The van der Waals surface area contributed by atoms with Crippen LogP contribution in [0.5, 0.6) is 0 Å². The maximum Gasteiger partial charge on any atom is 0.296 e. The Bertz CT molecular complexity index is 795. The van der Waals surface area contributed by atoms with E-state index in [4.69, 9.17) is 0 Å². The molecule has 1 amide bonds. The van der Waals surface area contributed by atoms with Crippen LogP contribution < -0.4 is 5.32 Å². The van der Waals surface area contributed by atoms with Gasteiger partial charge in [-0.2, -0.15) is 0 Å². The second kappa shape index (κ2) is 4.69. The minimum Gasteiger partial charge on any atom is -0.360 e. The Morgan fingerprint density at radius 1 is 1.33 bits per heavy atom. The molecule has 0 unspecified atom stereocenters. The number of amides is 1. The van der Waals surface area contributed by atoms with E-state index in [0.717, 1.165) is 10.9 Å². The van der Waals surface area contributed by atoms with Crippen LogP contribution in [0.1, 0.15) is 31.4 Å². The fraction of sp³-hybridized carbons (Fsp3) is 0.286. The molecule has 3 aromatic heterocycles. The number of nitrogens with one attached hydrogen (secondary N) is 2. The van der Waals surface area contributed by atoms with Crippen molar-refractivity contribution in [3.63, 3.8) is 0 Å². The van der Waals surface area contributed by atoms with Gasteiger partial charge in [0.25, 0.3) is 5.91 Å². The standard InChI is InChI=1S/C14H16N6O/c1-14(2,3)20-8-17-12(19-20)13(21)18-11-6-9-4-5-15-10(9)7-16-11/h4-8,15H,1-3H3,(H,16,18,21). The fourth-order valence-corrected chi connectivity index (χ4v) is 1.88. The van der Waals surface area contributed by atoms with Gasteiger partial charge in [-0.25, -0.2) is 14.6 Å². The van der Waals surface area contributed by atoms with E-state index < -0.39 is 0 Å². The maximum atomic E-state index is 12.1. The van der Waals surface area contributed by atoms with Crippen LogP contribution >= 0.6 is 0 Å². The molecule has 0 aliphatic carbocycles. The van der Waals surface area contributed by atoms with Crippen molar-refractivity contribution in [1.82, 2.24) is 24.7 Å². The predicted molar refractivity (Wildman–Crippen MR) is 79.1 cm³/mol. The lowest BCUT2D eigenvalue weighted by Crippen LogP contribution is -2.23. The Kier molecular flexibility index (Phi) is 2.97. The number of hydrogen-bond donors (Lipinski definition) is 2. The minimum atomic E-state index is -0.375. The van der Waals surface area contributed by atoms with Gasteiger partial charge in [-0.3, -0.25) is 4.79 Å². The van der Waals surface area contributed by atoms with Gasteiger partial charge < -0.3 is 10.3 Å². The molecule has 7 nitrogen and oxygen atoms in total. The molecule has 0 radical (unpaired) electrons. The molecule has 0 atom stereocenters. The summed E-state index contributed by atoms with van der Waals surface area (Å²) in [4.78, 5) is 23.4. The monoisotopic (exact) mass is 284 g/mol. The zero-order chi connectivity index (χ0) is 15.0. The summed E-state index contributed by atoms with van der Waals surface area (Å²) < 4.78 is 1.66. The highest BCUT2D eigenvalue weighted by Gasteiger charge is 2.18. The zero-order valence-electron chi connectivity index (χ0n) is 12.1. The summed E-state index contributed by atoms with van der Waals surface area (Å²) in [6.07, 6.45) is 5.05. The number of hydrogen-bond acceptors (Lipinski definition) is 4. The summed E-state index contributed by atoms with van der Waals surface area (Å²) >= 11 is 0. The van der Waals surface area contributed by atoms with Crippen molar-refractivity contribution in [3.8, 4) is 0 Å². The maximum absolute atomic E-state index is 12.1. The van der Waals surface area contributed by atoms with Crippen molar-refractivity contribution in [2.45, 2.75) is 26.3 Å². The van der Waals surface area contributed by atoms with Gasteiger partial charge in [-0.1, -0.05) is 0 Å². The third-order valence-corrected chi connectivity index (χ3v) is 3.06. The average molecular weight is 284 g/mol. The molecule has 0 fully saturated rings. The molecule has 0 spiro atoms. The highest BCUT2D eigenvalue weighted by molar-refractivity contribution is 6.01. The number of aromatic nitrogens is 5. The summed E-state index contributed by atoms with van der Waals surface area (Å²) in [5.41, 5.74) is 0.705. The van der Waals surface area contributed by atoms with Crippen molar-refractivity contribution in [2.75, 3.05) is 5.32 Å². The molecule has 7 heteroatoms. The van der Waals surface area contributed by atoms with Crippen molar-refractivity contribution in [1.29, 1.82) is 0 Å². The Labute approximate surface area is 121 Å². The van der Waals surface area contributed by atoms with E-state index in [1.165, 1.54) is 0 Å². The van der Waals surface area contributed by atoms with E-state index in [9.17, 15) is 4.79 Å². The number of carbonyl (C=O) groups excluding carboxylic acids is 1. The highest BCUT2D eigenvalue weighted by Crippen LogP contribution is 2.15. The van der Waals surface area contributed by atoms with Gasteiger partial charge in [0.05, 0.1) is 17.3 Å². The van der Waals surface area contributed by atoms with Crippen LogP contribution in [0.3, 0.4) is 0 Å². The summed E-state index contributed by atoms with van der Waals surface area (Å²) in [6.45, 7) is 5.97. The number of carbonyl (C=O) groups is 1. The fourth-order valence-electron chi connectivity index (χ4n) is 1.88. The van der Waals surface area contributed by atoms with Gasteiger partial charge in [0, 0.05) is 11.6 Å². The molecule has 3 rings (SSSR count). The van der Waals surface area contributed by atoms with Crippen molar-refractivity contribution in [2.24, 2.45) is 0 Å². The van der Waals surface area contributed by atoms with Crippen LogP contribution in [0, 0.1) is 0 Å². The first-order valence-corrected chi connectivity index (χ1v) is 6.60.